The summed E-state index contributed by atoms with van der Waals surface area (Å²) in [7, 11) is 0. The number of fused-ring (bicyclic) bond motifs is 1. The van der Waals surface area contributed by atoms with Crippen molar-refractivity contribution >= 4 is 34.9 Å². The van der Waals surface area contributed by atoms with E-state index >= 15 is 0 Å². The zero-order chi connectivity index (χ0) is 17.3. The molecule has 8 nitrogen and oxygen atoms in total. The van der Waals surface area contributed by atoms with Crippen molar-refractivity contribution in [2.75, 3.05) is 5.32 Å². The van der Waals surface area contributed by atoms with Gasteiger partial charge in [-0.3, -0.25) is 24.5 Å². The van der Waals surface area contributed by atoms with Crippen molar-refractivity contribution in [1.82, 2.24) is 5.32 Å². The Balaban J connectivity index is 1.87. The molecule has 1 heterocycles. The predicted molar refractivity (Wildman–Crippen MR) is 83.1 cm³/mol. The maximum Gasteiger partial charge on any atom is 0.299 e. The van der Waals surface area contributed by atoms with Gasteiger partial charge in [0.2, 0.25) is 0 Å². The zero-order valence-electron chi connectivity index (χ0n) is 12.0. The molecule has 1 aliphatic rings. The van der Waals surface area contributed by atoms with Gasteiger partial charge in [0.15, 0.2) is 0 Å². The number of ketones is 1. The molecule has 0 fully saturated rings. The maximum atomic E-state index is 12.1. The van der Waals surface area contributed by atoms with Crippen LogP contribution in [0.1, 0.15) is 31.1 Å². The highest BCUT2D eigenvalue weighted by Crippen LogP contribution is 2.20. The molecule has 3 amide bonds. The molecule has 0 saturated carbocycles. The molecule has 0 unspecified atom stereocenters. The lowest BCUT2D eigenvalue weighted by molar-refractivity contribution is -0.116. The van der Waals surface area contributed by atoms with E-state index in [9.17, 15) is 24.1 Å². The third kappa shape index (κ3) is 2.68. The average Bonchev–Trinajstić information content (AvgIpc) is 2.59. The molecule has 0 saturated heterocycles. The van der Waals surface area contributed by atoms with E-state index in [2.05, 4.69) is 10.5 Å². The second-order valence-corrected chi connectivity index (χ2v) is 4.97. The van der Waals surface area contributed by atoms with Crippen LogP contribution in [-0.2, 0) is 4.79 Å². The highest BCUT2D eigenvalue weighted by molar-refractivity contribution is 6.49. The zero-order valence-corrected chi connectivity index (χ0v) is 12.0. The summed E-state index contributed by atoms with van der Waals surface area (Å²) < 4.78 is 0. The number of hydrogen-bond acceptors (Lipinski definition) is 6. The molecule has 0 aliphatic carbocycles. The molecule has 8 heteroatoms. The van der Waals surface area contributed by atoms with Gasteiger partial charge in [0, 0.05) is 16.8 Å². The van der Waals surface area contributed by atoms with Crippen LogP contribution in [0.5, 0.6) is 0 Å². The van der Waals surface area contributed by atoms with Gasteiger partial charge in [0.1, 0.15) is 5.69 Å². The molecule has 2 aromatic rings. The number of nitrogens with one attached hydrogen (secondary N) is 2. The van der Waals surface area contributed by atoms with Crippen molar-refractivity contribution in [2.45, 2.75) is 0 Å². The number of rotatable bonds is 3. The van der Waals surface area contributed by atoms with Crippen LogP contribution in [0, 0.1) is 4.91 Å². The Bertz CT molecular complexity index is 902. The summed E-state index contributed by atoms with van der Waals surface area (Å²) in [6.45, 7) is 0. The fraction of sp³-hybridized carbons (Fsp3) is 0. The molecule has 1 aliphatic heterocycles. The third-order valence-corrected chi connectivity index (χ3v) is 3.43. The van der Waals surface area contributed by atoms with Crippen LogP contribution < -0.4 is 10.6 Å². The van der Waals surface area contributed by atoms with Crippen LogP contribution in [0.15, 0.2) is 47.6 Å². The number of carbonyl (C=O) groups excluding carboxylic acids is 4. The third-order valence-electron chi connectivity index (χ3n) is 3.43. The lowest BCUT2D eigenvalue weighted by Crippen LogP contribution is -2.42. The molecule has 0 spiro atoms. The van der Waals surface area contributed by atoms with Crippen molar-refractivity contribution < 1.29 is 19.2 Å². The van der Waals surface area contributed by atoms with Crippen molar-refractivity contribution in [3.8, 4) is 0 Å². The number of carbonyl (C=O) groups is 4. The summed E-state index contributed by atoms with van der Waals surface area (Å²) in [4.78, 5) is 57.4. The lowest BCUT2D eigenvalue weighted by atomic mass is 9.98. The summed E-state index contributed by atoms with van der Waals surface area (Å²) in [6, 6.07) is 9.69. The number of nitrogens with zero attached hydrogens (tertiary/aromatic N) is 1. The van der Waals surface area contributed by atoms with Crippen molar-refractivity contribution in [3.63, 3.8) is 0 Å². The van der Waals surface area contributed by atoms with E-state index in [4.69, 9.17) is 0 Å². The molecule has 2 aromatic carbocycles. The Morgan fingerprint density at radius 3 is 2.29 bits per heavy atom. The summed E-state index contributed by atoms with van der Waals surface area (Å²) in [6.07, 6.45) is 0. The first-order valence-corrected chi connectivity index (χ1v) is 6.78. The van der Waals surface area contributed by atoms with Gasteiger partial charge >= 0.3 is 0 Å². The van der Waals surface area contributed by atoms with Gasteiger partial charge < -0.3 is 5.32 Å². The summed E-state index contributed by atoms with van der Waals surface area (Å²) in [5.74, 6) is -2.99. The van der Waals surface area contributed by atoms with Gasteiger partial charge in [-0.2, -0.15) is 0 Å². The smallest absolute Gasteiger partial charge is 0.299 e. The van der Waals surface area contributed by atoms with Crippen molar-refractivity contribution in [3.05, 3.63) is 64.1 Å². The fourth-order valence-electron chi connectivity index (χ4n) is 2.23. The normalized spacial score (nSPS) is 13.1. The highest BCUT2D eigenvalue weighted by atomic mass is 16.3. The molecule has 0 atom stereocenters. The van der Waals surface area contributed by atoms with Crippen LogP contribution in [-0.4, -0.2) is 23.5 Å². The lowest BCUT2D eigenvalue weighted by Gasteiger charge is -2.15. The van der Waals surface area contributed by atoms with Crippen LogP contribution in [0.2, 0.25) is 0 Å². The van der Waals surface area contributed by atoms with E-state index in [0.717, 1.165) is 0 Å². The molecular formula is C16H9N3O5. The number of hydrogen-bond donors (Lipinski definition) is 2. The molecule has 0 radical (unpaired) electrons. The first-order chi connectivity index (χ1) is 11.5. The number of amides is 3. The van der Waals surface area contributed by atoms with Gasteiger partial charge in [-0.25, -0.2) is 0 Å². The summed E-state index contributed by atoms with van der Waals surface area (Å²) in [5, 5.41) is 7.22. The van der Waals surface area contributed by atoms with Crippen LogP contribution >= 0.6 is 0 Å². The van der Waals surface area contributed by atoms with Gasteiger partial charge in [-0.15, -0.1) is 4.91 Å². The van der Waals surface area contributed by atoms with Crippen LogP contribution in [0.25, 0.3) is 0 Å². The Morgan fingerprint density at radius 2 is 1.62 bits per heavy atom. The number of anilines is 1. The molecular weight excluding hydrogens is 314 g/mol. The molecule has 118 valence electrons. The minimum absolute atomic E-state index is 0.0675. The highest BCUT2D eigenvalue weighted by Gasteiger charge is 2.30. The van der Waals surface area contributed by atoms with Crippen molar-refractivity contribution in [1.29, 1.82) is 0 Å². The molecule has 3 rings (SSSR count). The van der Waals surface area contributed by atoms with Gasteiger partial charge in [0.05, 0.1) is 5.56 Å². The van der Waals surface area contributed by atoms with Gasteiger partial charge in [-0.1, -0.05) is 0 Å². The number of nitroso groups, excluding NO2 is 1. The summed E-state index contributed by atoms with van der Waals surface area (Å²) >= 11 is 0. The monoisotopic (exact) mass is 323 g/mol. The first-order valence-electron chi connectivity index (χ1n) is 6.78. The number of Topliss-reactive ketones (excluding diaryl/α,β-unsaturated/α-hetero) is 1. The van der Waals surface area contributed by atoms with Gasteiger partial charge in [0.25, 0.3) is 23.5 Å². The van der Waals surface area contributed by atoms with E-state index in [1.807, 2.05) is 5.32 Å². The second-order valence-electron chi connectivity index (χ2n) is 4.97. The average molecular weight is 323 g/mol. The largest absolute Gasteiger partial charge is 0.322 e. The van der Waals surface area contributed by atoms with E-state index in [0.29, 0.717) is 0 Å². The Kier molecular flexibility index (Phi) is 3.70. The van der Waals surface area contributed by atoms with E-state index in [1.165, 1.54) is 42.5 Å². The van der Waals surface area contributed by atoms with Crippen molar-refractivity contribution in [2.24, 2.45) is 5.18 Å². The topological polar surface area (TPSA) is 122 Å². The number of benzene rings is 2. The SMILES string of the molecule is O=Nc1ccc(C(=O)Nc2ccc3c(c2)C(=O)C(=O)NC3=O)cc1. The Hall–Kier alpha value is -3.68. The predicted octanol–water partition coefficient (Wildman–Crippen LogP) is 1.79. The molecule has 2 N–H and O–H groups in total. The second kappa shape index (κ2) is 5.84. The van der Waals surface area contributed by atoms with Crippen LogP contribution in [0.3, 0.4) is 0 Å². The minimum Gasteiger partial charge on any atom is -0.322 e. The van der Waals surface area contributed by atoms with E-state index in [1.54, 1.807) is 0 Å². The Morgan fingerprint density at radius 1 is 0.917 bits per heavy atom. The Labute approximate surface area is 134 Å². The molecule has 24 heavy (non-hydrogen) atoms. The fourth-order valence-corrected chi connectivity index (χ4v) is 2.23. The van der Waals surface area contributed by atoms with Gasteiger partial charge in [-0.05, 0) is 47.6 Å². The molecule has 0 aromatic heterocycles. The van der Waals surface area contributed by atoms with Crippen LogP contribution in [0.4, 0.5) is 11.4 Å². The quantitative estimate of drug-likeness (QED) is 0.506. The maximum absolute atomic E-state index is 12.1. The van der Waals surface area contributed by atoms with E-state index < -0.39 is 23.5 Å². The molecule has 0 bridgehead atoms. The number of imide groups is 1. The standard InChI is InChI=1S/C16H9N3O5/c20-13-12-7-10(5-6-11(12)15(22)18-16(13)23)17-14(21)8-1-3-9(19-24)4-2-8/h1-7H,(H,17,21)(H,18,22,23). The summed E-state index contributed by atoms with van der Waals surface area (Å²) in [5.41, 5.74) is 0.726. The van der Waals surface area contributed by atoms with E-state index in [-0.39, 0.29) is 28.1 Å². The minimum atomic E-state index is -1.01. The first kappa shape index (κ1) is 15.2.